The van der Waals surface area contributed by atoms with Crippen molar-refractivity contribution in [1.29, 1.82) is 0 Å². The van der Waals surface area contributed by atoms with E-state index in [4.69, 9.17) is 9.47 Å². The molecule has 0 bridgehead atoms. The summed E-state index contributed by atoms with van der Waals surface area (Å²) in [5, 5.41) is 5.33. The molecule has 0 spiro atoms. The monoisotopic (exact) mass is 430 g/mol. The Labute approximate surface area is 163 Å². The number of aromatic nitrogens is 1. The number of amides is 1. The van der Waals surface area contributed by atoms with Crippen LogP contribution in [0.5, 0.6) is 11.5 Å². The van der Waals surface area contributed by atoms with Crippen LogP contribution in [0.3, 0.4) is 0 Å². The molecule has 4 rings (SSSR count). The van der Waals surface area contributed by atoms with Crippen LogP contribution < -0.4 is 14.8 Å². The Morgan fingerprint density at radius 3 is 2.58 bits per heavy atom. The molecule has 1 amide bonds. The molecule has 2 aromatic carbocycles. The lowest BCUT2D eigenvalue weighted by atomic mass is 10.1. The Balaban J connectivity index is 1.54. The first-order valence-corrected chi connectivity index (χ1v) is 9.70. The summed E-state index contributed by atoms with van der Waals surface area (Å²) >= 11 is 4.82. The second-order valence-corrected chi connectivity index (χ2v) is 7.55. The van der Waals surface area contributed by atoms with E-state index in [0.717, 1.165) is 11.3 Å². The highest BCUT2D eigenvalue weighted by Crippen LogP contribution is 2.36. The number of hydrogen-bond donors (Lipinski definition) is 1. The van der Waals surface area contributed by atoms with Crippen LogP contribution in [-0.2, 0) is 0 Å². The zero-order valence-electron chi connectivity index (χ0n) is 13.9. The second-order valence-electron chi connectivity index (χ2n) is 5.83. The molecule has 1 aliphatic heterocycles. The lowest BCUT2D eigenvalue weighted by molar-refractivity contribution is 0.102. The highest BCUT2D eigenvalue weighted by atomic mass is 79.9. The summed E-state index contributed by atoms with van der Waals surface area (Å²) in [6, 6.07) is 11.6. The normalized spacial score (nSPS) is 12.7. The van der Waals surface area contributed by atoms with Gasteiger partial charge in [-0.25, -0.2) is 4.98 Å². The van der Waals surface area contributed by atoms with Gasteiger partial charge >= 0.3 is 0 Å². The molecule has 1 N–H and O–H groups in total. The molecule has 0 fully saturated rings. The Bertz CT molecular complexity index is 969. The number of aryl methyl sites for hydroxylation is 1. The number of rotatable bonds is 3. The van der Waals surface area contributed by atoms with E-state index in [1.807, 2.05) is 36.6 Å². The molecular formula is C19H15BrN2O3S. The second kappa shape index (κ2) is 7.09. The van der Waals surface area contributed by atoms with Crippen LogP contribution >= 0.6 is 27.3 Å². The minimum atomic E-state index is -0.251. The first kappa shape index (κ1) is 17.1. The molecule has 0 saturated heterocycles. The van der Waals surface area contributed by atoms with E-state index in [2.05, 4.69) is 26.2 Å². The van der Waals surface area contributed by atoms with Gasteiger partial charge < -0.3 is 9.47 Å². The van der Waals surface area contributed by atoms with Gasteiger partial charge in [-0.05, 0) is 35.0 Å². The van der Waals surface area contributed by atoms with Crippen molar-refractivity contribution >= 4 is 38.3 Å². The van der Waals surface area contributed by atoms with Gasteiger partial charge in [0.25, 0.3) is 5.91 Å². The van der Waals surface area contributed by atoms with Crippen molar-refractivity contribution in [2.24, 2.45) is 0 Å². The van der Waals surface area contributed by atoms with Crippen LogP contribution in [0.4, 0.5) is 5.13 Å². The quantitative estimate of drug-likeness (QED) is 0.641. The van der Waals surface area contributed by atoms with Crippen LogP contribution in [0.2, 0.25) is 0 Å². The van der Waals surface area contributed by atoms with Gasteiger partial charge in [0.15, 0.2) is 16.6 Å². The van der Waals surface area contributed by atoms with Gasteiger partial charge in [0.05, 0.1) is 11.3 Å². The molecule has 0 saturated carbocycles. The zero-order chi connectivity index (χ0) is 18.1. The summed E-state index contributed by atoms with van der Waals surface area (Å²) in [4.78, 5) is 17.1. The molecule has 26 heavy (non-hydrogen) atoms. The lowest BCUT2D eigenvalue weighted by Gasteiger charge is -2.19. The molecule has 5 nitrogen and oxygen atoms in total. The molecule has 2 heterocycles. The Kier molecular flexibility index (Phi) is 4.65. The Morgan fingerprint density at radius 1 is 1.15 bits per heavy atom. The van der Waals surface area contributed by atoms with Gasteiger partial charge in [0, 0.05) is 15.4 Å². The van der Waals surface area contributed by atoms with Crippen molar-refractivity contribution in [2.75, 3.05) is 18.5 Å². The number of benzene rings is 2. The molecule has 0 aliphatic carbocycles. The number of thiazole rings is 1. The maximum atomic E-state index is 12.6. The first-order chi connectivity index (χ1) is 12.6. The third-order valence-electron chi connectivity index (χ3n) is 3.95. The average molecular weight is 431 g/mol. The van der Waals surface area contributed by atoms with Gasteiger partial charge in [-0.2, -0.15) is 0 Å². The third kappa shape index (κ3) is 3.45. The zero-order valence-corrected chi connectivity index (χ0v) is 16.3. The predicted molar refractivity (Wildman–Crippen MR) is 105 cm³/mol. The SMILES string of the molecule is Cc1ccc(-c2csc(NC(=O)c3cc4c(cc3Br)OCCO4)n2)cc1. The molecule has 0 radical (unpaired) electrons. The number of halogens is 1. The van der Waals surface area contributed by atoms with Crippen molar-refractivity contribution in [1.82, 2.24) is 4.98 Å². The first-order valence-electron chi connectivity index (χ1n) is 8.03. The maximum absolute atomic E-state index is 12.6. The standard InChI is InChI=1S/C19H15BrN2O3S/c1-11-2-4-12(5-3-11)15-10-26-19(21-15)22-18(23)13-8-16-17(9-14(13)20)25-7-6-24-16/h2-5,8-10H,6-7H2,1H3,(H,21,22,23). The van der Waals surface area contributed by atoms with E-state index < -0.39 is 0 Å². The number of nitrogens with zero attached hydrogens (tertiary/aromatic N) is 1. The number of ether oxygens (including phenoxy) is 2. The van der Waals surface area contributed by atoms with E-state index in [1.165, 1.54) is 16.9 Å². The highest BCUT2D eigenvalue weighted by molar-refractivity contribution is 9.10. The number of nitrogens with one attached hydrogen (secondary N) is 1. The van der Waals surface area contributed by atoms with E-state index in [1.54, 1.807) is 12.1 Å². The summed E-state index contributed by atoms with van der Waals surface area (Å²) in [7, 11) is 0. The molecule has 7 heteroatoms. The fourth-order valence-corrected chi connectivity index (χ4v) is 3.81. The largest absolute Gasteiger partial charge is 0.486 e. The number of carbonyl (C=O) groups excluding carboxylic acids is 1. The molecule has 0 unspecified atom stereocenters. The maximum Gasteiger partial charge on any atom is 0.258 e. The Hall–Kier alpha value is -2.38. The third-order valence-corrected chi connectivity index (χ3v) is 5.36. The van der Waals surface area contributed by atoms with Crippen molar-refractivity contribution in [3.63, 3.8) is 0 Å². The van der Waals surface area contributed by atoms with E-state index in [-0.39, 0.29) is 5.91 Å². The van der Waals surface area contributed by atoms with Crippen molar-refractivity contribution < 1.29 is 14.3 Å². The van der Waals surface area contributed by atoms with Crippen molar-refractivity contribution in [3.05, 3.63) is 57.4 Å². The van der Waals surface area contributed by atoms with Gasteiger partial charge in [0.1, 0.15) is 13.2 Å². The van der Waals surface area contributed by atoms with E-state index in [9.17, 15) is 4.79 Å². The summed E-state index contributed by atoms with van der Waals surface area (Å²) in [5.41, 5.74) is 3.53. The van der Waals surface area contributed by atoms with Crippen molar-refractivity contribution in [2.45, 2.75) is 6.92 Å². The number of hydrogen-bond acceptors (Lipinski definition) is 5. The van der Waals surface area contributed by atoms with Gasteiger partial charge in [0.2, 0.25) is 0 Å². The number of fused-ring (bicyclic) bond motifs is 1. The summed E-state index contributed by atoms with van der Waals surface area (Å²) in [6.07, 6.45) is 0. The number of carbonyl (C=O) groups is 1. The molecule has 1 aromatic heterocycles. The highest BCUT2D eigenvalue weighted by Gasteiger charge is 2.19. The predicted octanol–water partition coefficient (Wildman–Crippen LogP) is 4.90. The molecule has 3 aromatic rings. The smallest absolute Gasteiger partial charge is 0.258 e. The van der Waals surface area contributed by atoms with E-state index >= 15 is 0 Å². The summed E-state index contributed by atoms with van der Waals surface area (Å²) < 4.78 is 11.7. The van der Waals surface area contributed by atoms with Gasteiger partial charge in [-0.3, -0.25) is 10.1 Å². The lowest BCUT2D eigenvalue weighted by Crippen LogP contribution is -2.17. The summed E-state index contributed by atoms with van der Waals surface area (Å²) in [5.74, 6) is 0.957. The topological polar surface area (TPSA) is 60.5 Å². The van der Waals surface area contributed by atoms with Crippen LogP contribution in [-0.4, -0.2) is 24.1 Å². The van der Waals surface area contributed by atoms with Crippen molar-refractivity contribution in [3.8, 4) is 22.8 Å². The van der Waals surface area contributed by atoms with Gasteiger partial charge in [-0.1, -0.05) is 29.8 Å². The molecule has 132 valence electrons. The Morgan fingerprint density at radius 2 is 1.85 bits per heavy atom. The van der Waals surface area contributed by atoms with Gasteiger partial charge in [-0.15, -0.1) is 11.3 Å². The van der Waals surface area contributed by atoms with Crippen LogP contribution in [0.15, 0.2) is 46.3 Å². The average Bonchev–Trinajstić information content (AvgIpc) is 3.10. The van der Waals surface area contributed by atoms with Crippen LogP contribution in [0.25, 0.3) is 11.3 Å². The molecule has 0 atom stereocenters. The van der Waals surface area contributed by atoms with E-state index in [0.29, 0.717) is 39.9 Å². The molecular weight excluding hydrogens is 416 g/mol. The fourth-order valence-electron chi connectivity index (χ4n) is 2.59. The van der Waals surface area contributed by atoms with Crippen LogP contribution in [0.1, 0.15) is 15.9 Å². The minimum Gasteiger partial charge on any atom is -0.486 e. The molecule has 1 aliphatic rings. The van der Waals surface area contributed by atoms with Crippen LogP contribution in [0, 0.1) is 6.92 Å². The minimum absolute atomic E-state index is 0.251. The summed E-state index contributed by atoms with van der Waals surface area (Å²) in [6.45, 7) is 3.02. The number of anilines is 1. The fraction of sp³-hybridized carbons (Fsp3) is 0.158.